The van der Waals surface area contributed by atoms with E-state index in [0.717, 1.165) is 39.2 Å². The highest BCUT2D eigenvalue weighted by Gasteiger charge is 2.30. The van der Waals surface area contributed by atoms with Crippen LogP contribution in [-0.2, 0) is 9.53 Å². The van der Waals surface area contributed by atoms with Crippen LogP contribution in [0.25, 0.3) is 0 Å². The molecule has 17 heavy (non-hydrogen) atoms. The number of rotatable bonds is 2. The van der Waals surface area contributed by atoms with Gasteiger partial charge in [0.05, 0.1) is 19.1 Å². The van der Waals surface area contributed by atoms with Crippen LogP contribution in [-0.4, -0.2) is 49.7 Å². The number of nitrogens with zero attached hydrogens (tertiary/aromatic N) is 1. The summed E-state index contributed by atoms with van der Waals surface area (Å²) in [5, 5.41) is 3.26. The number of ether oxygens (including phenoxy) is 1. The summed E-state index contributed by atoms with van der Waals surface area (Å²) in [6, 6.07) is 0. The van der Waals surface area contributed by atoms with Crippen molar-refractivity contribution in [3.63, 3.8) is 0 Å². The molecule has 0 saturated carbocycles. The van der Waals surface area contributed by atoms with Crippen molar-refractivity contribution in [3.05, 3.63) is 0 Å². The van der Waals surface area contributed by atoms with Crippen LogP contribution in [0.2, 0.25) is 0 Å². The Balaban J connectivity index is 1.82. The van der Waals surface area contributed by atoms with E-state index in [-0.39, 0.29) is 17.4 Å². The summed E-state index contributed by atoms with van der Waals surface area (Å²) < 4.78 is 5.58. The Hall–Kier alpha value is -0.610. The molecule has 1 atom stereocenters. The van der Waals surface area contributed by atoms with Crippen molar-refractivity contribution in [2.45, 2.75) is 39.2 Å². The molecule has 0 radical (unpaired) electrons. The lowest BCUT2D eigenvalue weighted by Gasteiger charge is -2.38. The zero-order chi connectivity index (χ0) is 12.3. The first kappa shape index (κ1) is 12.8. The Bertz CT molecular complexity index is 273. The Kier molecular flexibility index (Phi) is 4.05. The highest BCUT2D eigenvalue weighted by molar-refractivity contribution is 5.76. The Morgan fingerprint density at radius 3 is 3.00 bits per heavy atom. The van der Waals surface area contributed by atoms with Gasteiger partial charge in [0.2, 0.25) is 5.91 Å². The number of carbonyl (C=O) groups is 1. The Morgan fingerprint density at radius 2 is 2.35 bits per heavy atom. The smallest absolute Gasteiger partial charge is 0.225 e. The first-order valence-corrected chi connectivity index (χ1v) is 6.67. The molecule has 0 bridgehead atoms. The maximum absolute atomic E-state index is 12.2. The number of amides is 1. The predicted molar refractivity (Wildman–Crippen MR) is 66.8 cm³/mol. The summed E-state index contributed by atoms with van der Waals surface area (Å²) >= 11 is 0. The Labute approximate surface area is 104 Å². The zero-order valence-corrected chi connectivity index (χ0v) is 11.0. The number of hydrogen-bond acceptors (Lipinski definition) is 3. The van der Waals surface area contributed by atoms with Gasteiger partial charge in [-0.1, -0.05) is 13.8 Å². The number of piperidine rings is 1. The summed E-state index contributed by atoms with van der Waals surface area (Å²) in [5.74, 6) is 0.256. The van der Waals surface area contributed by atoms with E-state index < -0.39 is 0 Å². The van der Waals surface area contributed by atoms with E-state index in [4.69, 9.17) is 4.74 Å². The van der Waals surface area contributed by atoms with Crippen LogP contribution in [0.15, 0.2) is 0 Å². The van der Waals surface area contributed by atoms with Crippen molar-refractivity contribution in [1.29, 1.82) is 0 Å². The molecular weight excluding hydrogens is 216 g/mol. The minimum atomic E-state index is 0.0706. The Morgan fingerprint density at radius 1 is 1.53 bits per heavy atom. The first-order chi connectivity index (χ1) is 8.07. The van der Waals surface area contributed by atoms with Gasteiger partial charge >= 0.3 is 0 Å². The fourth-order valence-corrected chi connectivity index (χ4v) is 2.71. The van der Waals surface area contributed by atoms with Gasteiger partial charge in [0.1, 0.15) is 0 Å². The van der Waals surface area contributed by atoms with Crippen LogP contribution in [0.5, 0.6) is 0 Å². The molecule has 1 amide bonds. The van der Waals surface area contributed by atoms with Gasteiger partial charge in [-0.25, -0.2) is 0 Å². The minimum absolute atomic E-state index is 0.0706. The quantitative estimate of drug-likeness (QED) is 0.783. The molecule has 0 spiro atoms. The maximum atomic E-state index is 12.2. The highest BCUT2D eigenvalue weighted by Crippen LogP contribution is 2.28. The monoisotopic (exact) mass is 240 g/mol. The summed E-state index contributed by atoms with van der Waals surface area (Å²) in [5.41, 5.74) is 0.277. The van der Waals surface area contributed by atoms with E-state index in [0.29, 0.717) is 6.42 Å². The SMILES string of the molecule is CC1(C)CCCN(C(=O)CC2CNCCO2)C1. The van der Waals surface area contributed by atoms with Crippen LogP contribution in [0.1, 0.15) is 33.1 Å². The van der Waals surface area contributed by atoms with Gasteiger partial charge in [-0.15, -0.1) is 0 Å². The standard InChI is InChI=1S/C13H24N2O2/c1-13(2)4-3-6-15(10-13)12(16)8-11-9-14-5-7-17-11/h11,14H,3-10H2,1-2H3. The molecule has 0 aliphatic carbocycles. The predicted octanol–water partition coefficient (Wildman–Crippen LogP) is 1.01. The van der Waals surface area contributed by atoms with Crippen LogP contribution < -0.4 is 5.32 Å². The summed E-state index contributed by atoms with van der Waals surface area (Å²) in [6.07, 6.45) is 2.95. The van der Waals surface area contributed by atoms with Gasteiger partial charge in [-0.3, -0.25) is 4.79 Å². The van der Waals surface area contributed by atoms with E-state index in [1.54, 1.807) is 0 Å². The van der Waals surface area contributed by atoms with Crippen LogP contribution in [0.4, 0.5) is 0 Å². The summed E-state index contributed by atoms with van der Waals surface area (Å²) in [7, 11) is 0. The summed E-state index contributed by atoms with van der Waals surface area (Å²) in [6.45, 7) is 8.73. The van der Waals surface area contributed by atoms with E-state index in [1.165, 1.54) is 6.42 Å². The van der Waals surface area contributed by atoms with Crippen molar-refractivity contribution in [1.82, 2.24) is 10.2 Å². The van der Waals surface area contributed by atoms with Crippen molar-refractivity contribution >= 4 is 5.91 Å². The fraction of sp³-hybridized carbons (Fsp3) is 0.923. The maximum Gasteiger partial charge on any atom is 0.225 e. The summed E-state index contributed by atoms with van der Waals surface area (Å²) in [4.78, 5) is 14.2. The average Bonchev–Trinajstić information content (AvgIpc) is 2.29. The third kappa shape index (κ3) is 3.68. The normalized spacial score (nSPS) is 29.1. The fourth-order valence-electron chi connectivity index (χ4n) is 2.71. The number of morpholine rings is 1. The third-order valence-corrected chi connectivity index (χ3v) is 3.66. The second kappa shape index (κ2) is 5.36. The minimum Gasteiger partial charge on any atom is -0.375 e. The van der Waals surface area contributed by atoms with Crippen molar-refractivity contribution in [2.24, 2.45) is 5.41 Å². The van der Waals surface area contributed by atoms with Gasteiger partial charge < -0.3 is 15.0 Å². The van der Waals surface area contributed by atoms with E-state index >= 15 is 0 Å². The van der Waals surface area contributed by atoms with Gasteiger partial charge in [-0.05, 0) is 18.3 Å². The molecule has 0 aromatic carbocycles. The van der Waals surface area contributed by atoms with Gasteiger partial charge in [-0.2, -0.15) is 0 Å². The molecule has 2 rings (SSSR count). The van der Waals surface area contributed by atoms with E-state index in [2.05, 4.69) is 19.2 Å². The third-order valence-electron chi connectivity index (χ3n) is 3.66. The van der Waals surface area contributed by atoms with Crippen LogP contribution in [0, 0.1) is 5.41 Å². The average molecular weight is 240 g/mol. The number of hydrogen-bond donors (Lipinski definition) is 1. The lowest BCUT2D eigenvalue weighted by molar-refractivity contribution is -0.137. The van der Waals surface area contributed by atoms with Gasteiger partial charge in [0.15, 0.2) is 0 Å². The van der Waals surface area contributed by atoms with Gasteiger partial charge in [0, 0.05) is 26.2 Å². The molecule has 98 valence electrons. The zero-order valence-electron chi connectivity index (χ0n) is 11.0. The highest BCUT2D eigenvalue weighted by atomic mass is 16.5. The van der Waals surface area contributed by atoms with Gasteiger partial charge in [0.25, 0.3) is 0 Å². The van der Waals surface area contributed by atoms with E-state index in [1.807, 2.05) is 4.90 Å². The molecule has 2 aliphatic rings. The number of likely N-dealkylation sites (tertiary alicyclic amines) is 1. The number of carbonyl (C=O) groups excluding carboxylic acids is 1. The molecule has 2 aliphatic heterocycles. The molecular formula is C13H24N2O2. The molecule has 1 N–H and O–H groups in total. The molecule has 0 aromatic heterocycles. The van der Waals surface area contributed by atoms with E-state index in [9.17, 15) is 4.79 Å². The largest absolute Gasteiger partial charge is 0.375 e. The van der Waals surface area contributed by atoms with Crippen molar-refractivity contribution in [3.8, 4) is 0 Å². The molecule has 2 fully saturated rings. The molecule has 2 heterocycles. The topological polar surface area (TPSA) is 41.6 Å². The molecule has 2 saturated heterocycles. The number of nitrogens with one attached hydrogen (secondary N) is 1. The molecule has 0 aromatic rings. The van der Waals surface area contributed by atoms with Crippen molar-refractivity contribution < 1.29 is 9.53 Å². The lowest BCUT2D eigenvalue weighted by Crippen LogP contribution is -2.47. The van der Waals surface area contributed by atoms with Crippen LogP contribution in [0.3, 0.4) is 0 Å². The van der Waals surface area contributed by atoms with Crippen LogP contribution >= 0.6 is 0 Å². The second-order valence-corrected chi connectivity index (χ2v) is 5.98. The lowest BCUT2D eigenvalue weighted by atomic mass is 9.84. The molecule has 4 heteroatoms. The first-order valence-electron chi connectivity index (χ1n) is 6.67. The second-order valence-electron chi connectivity index (χ2n) is 5.98. The molecule has 4 nitrogen and oxygen atoms in total. The molecule has 1 unspecified atom stereocenters. The van der Waals surface area contributed by atoms with Crippen molar-refractivity contribution in [2.75, 3.05) is 32.8 Å².